The molecule has 0 radical (unpaired) electrons. The first-order valence-corrected chi connectivity index (χ1v) is 7.89. The molecule has 0 atom stereocenters. The minimum absolute atomic E-state index is 0.181. The first-order valence-electron chi connectivity index (χ1n) is 6.45. The van der Waals surface area contributed by atoms with Crippen molar-refractivity contribution in [3.05, 3.63) is 48.4 Å². The van der Waals surface area contributed by atoms with Crippen LogP contribution in [-0.2, 0) is 16.6 Å². The zero-order valence-electron chi connectivity index (χ0n) is 11.7. The Balaban J connectivity index is 2.11. The number of sulfonamides is 1. The fraction of sp³-hybridized carbons (Fsp3) is 0.286. The van der Waals surface area contributed by atoms with Crippen molar-refractivity contribution in [1.82, 2.24) is 4.31 Å². The maximum Gasteiger partial charge on any atom is 0.243 e. The van der Waals surface area contributed by atoms with Gasteiger partial charge in [-0.3, -0.25) is 0 Å². The van der Waals surface area contributed by atoms with Crippen LogP contribution in [0.25, 0.3) is 0 Å². The van der Waals surface area contributed by atoms with Crippen LogP contribution in [-0.4, -0.2) is 32.9 Å². The van der Waals surface area contributed by atoms with Crippen molar-refractivity contribution in [2.24, 2.45) is 5.73 Å². The van der Waals surface area contributed by atoms with Crippen molar-refractivity contribution in [1.29, 1.82) is 0 Å². The fourth-order valence-corrected chi connectivity index (χ4v) is 2.91. The lowest BCUT2D eigenvalue weighted by atomic mass is 10.3. The van der Waals surface area contributed by atoms with E-state index in [1.165, 1.54) is 29.7 Å². The van der Waals surface area contributed by atoms with Gasteiger partial charge in [-0.2, -0.15) is 4.31 Å². The molecule has 0 unspecified atom stereocenters. The van der Waals surface area contributed by atoms with Crippen LogP contribution in [0, 0.1) is 0 Å². The second kappa shape index (κ2) is 6.75. The Morgan fingerprint density at radius 1 is 1.24 bits per heavy atom. The zero-order chi connectivity index (χ0) is 15.3. The number of hydrogen-bond donors (Lipinski definition) is 1. The Labute approximate surface area is 124 Å². The third kappa shape index (κ3) is 3.84. The number of benzene rings is 1. The van der Waals surface area contributed by atoms with E-state index in [2.05, 4.69) is 0 Å². The predicted molar refractivity (Wildman–Crippen MR) is 78.4 cm³/mol. The van der Waals surface area contributed by atoms with Gasteiger partial charge in [0.2, 0.25) is 10.0 Å². The molecule has 1 aromatic heterocycles. The van der Waals surface area contributed by atoms with E-state index >= 15 is 0 Å². The summed E-state index contributed by atoms with van der Waals surface area (Å²) in [4.78, 5) is 0.205. The Hall–Kier alpha value is -1.83. The van der Waals surface area contributed by atoms with Crippen LogP contribution < -0.4 is 10.5 Å². The van der Waals surface area contributed by atoms with Crippen molar-refractivity contribution in [2.75, 3.05) is 20.2 Å². The van der Waals surface area contributed by atoms with E-state index in [1.54, 1.807) is 24.3 Å². The molecule has 0 saturated carbocycles. The highest BCUT2D eigenvalue weighted by atomic mass is 32.2. The molecule has 1 aromatic carbocycles. The molecule has 0 spiro atoms. The third-order valence-electron chi connectivity index (χ3n) is 2.88. The van der Waals surface area contributed by atoms with Gasteiger partial charge in [0.15, 0.2) is 0 Å². The number of rotatable bonds is 7. The molecule has 0 aliphatic rings. The summed E-state index contributed by atoms with van der Waals surface area (Å²) in [5.74, 6) is 1.18. The second-order valence-corrected chi connectivity index (χ2v) is 6.49. The summed E-state index contributed by atoms with van der Waals surface area (Å²) in [6.07, 6.45) is 1.51. The van der Waals surface area contributed by atoms with Gasteiger partial charge in [0.1, 0.15) is 18.1 Å². The fourth-order valence-electron chi connectivity index (χ4n) is 1.77. The average molecular weight is 310 g/mol. The number of nitrogens with zero attached hydrogens (tertiary/aromatic N) is 1. The molecule has 0 fully saturated rings. The van der Waals surface area contributed by atoms with Crippen molar-refractivity contribution >= 4 is 10.0 Å². The van der Waals surface area contributed by atoms with E-state index in [0.717, 1.165) is 0 Å². The lowest BCUT2D eigenvalue weighted by molar-refractivity contribution is 0.328. The van der Waals surface area contributed by atoms with Crippen LogP contribution in [0.15, 0.2) is 52.0 Å². The van der Waals surface area contributed by atoms with Gasteiger partial charge < -0.3 is 14.9 Å². The van der Waals surface area contributed by atoms with Crippen molar-refractivity contribution in [3.63, 3.8) is 0 Å². The van der Waals surface area contributed by atoms with Gasteiger partial charge in [-0.25, -0.2) is 8.42 Å². The number of ether oxygens (including phenoxy) is 1. The first-order chi connectivity index (χ1) is 10.0. The van der Waals surface area contributed by atoms with Gasteiger partial charge in [0.25, 0.3) is 0 Å². The standard InChI is InChI=1S/C14H18N2O4S/c1-16(11-13-3-2-9-19-13)21(17,18)14-6-4-12(5-7-14)20-10-8-15/h2-7,9H,8,10-11,15H2,1H3. The zero-order valence-corrected chi connectivity index (χ0v) is 12.5. The van der Waals surface area contributed by atoms with Crippen LogP contribution in [0.1, 0.15) is 5.76 Å². The molecule has 0 saturated heterocycles. The summed E-state index contributed by atoms with van der Waals surface area (Å²) in [5.41, 5.74) is 5.34. The summed E-state index contributed by atoms with van der Waals surface area (Å²) < 4.78 is 36.5. The minimum Gasteiger partial charge on any atom is -0.492 e. The first kappa shape index (κ1) is 15.6. The Kier molecular flexibility index (Phi) is 5.00. The SMILES string of the molecule is CN(Cc1ccco1)S(=O)(=O)c1ccc(OCCN)cc1. The van der Waals surface area contributed by atoms with Crippen LogP contribution in [0.4, 0.5) is 0 Å². The van der Waals surface area contributed by atoms with E-state index < -0.39 is 10.0 Å². The van der Waals surface area contributed by atoms with E-state index in [9.17, 15) is 8.42 Å². The van der Waals surface area contributed by atoms with E-state index in [1.807, 2.05) is 0 Å². The van der Waals surface area contributed by atoms with Crippen molar-refractivity contribution in [3.8, 4) is 5.75 Å². The van der Waals surface area contributed by atoms with Crippen LogP contribution in [0.2, 0.25) is 0 Å². The predicted octanol–water partition coefficient (Wildman–Crippen LogP) is 1.44. The smallest absolute Gasteiger partial charge is 0.243 e. The highest BCUT2D eigenvalue weighted by molar-refractivity contribution is 7.89. The number of furan rings is 1. The van der Waals surface area contributed by atoms with E-state index in [-0.39, 0.29) is 11.4 Å². The van der Waals surface area contributed by atoms with Crippen molar-refractivity contribution in [2.45, 2.75) is 11.4 Å². The molecule has 2 aromatic rings. The molecule has 2 N–H and O–H groups in total. The van der Waals surface area contributed by atoms with Gasteiger partial charge in [-0.05, 0) is 36.4 Å². The normalized spacial score (nSPS) is 11.8. The molecule has 0 amide bonds. The second-order valence-electron chi connectivity index (χ2n) is 4.45. The van der Waals surface area contributed by atoms with E-state index in [4.69, 9.17) is 14.9 Å². The summed E-state index contributed by atoms with van der Waals surface area (Å²) in [6, 6.07) is 9.71. The van der Waals surface area contributed by atoms with Crippen molar-refractivity contribution < 1.29 is 17.6 Å². The molecule has 7 heteroatoms. The van der Waals surface area contributed by atoms with Crippen LogP contribution in [0.3, 0.4) is 0 Å². The Morgan fingerprint density at radius 3 is 2.52 bits per heavy atom. The molecule has 6 nitrogen and oxygen atoms in total. The summed E-state index contributed by atoms with van der Waals surface area (Å²) >= 11 is 0. The topological polar surface area (TPSA) is 85.8 Å². The molecule has 0 aliphatic heterocycles. The van der Waals surface area contributed by atoms with Gasteiger partial charge in [-0.1, -0.05) is 0 Å². The number of hydrogen-bond acceptors (Lipinski definition) is 5. The summed E-state index contributed by atoms with van der Waals surface area (Å²) in [7, 11) is -2.05. The summed E-state index contributed by atoms with van der Waals surface area (Å²) in [6.45, 7) is 0.983. The number of nitrogens with two attached hydrogens (primary N) is 1. The van der Waals surface area contributed by atoms with Gasteiger partial charge in [0.05, 0.1) is 17.7 Å². The largest absolute Gasteiger partial charge is 0.492 e. The minimum atomic E-state index is -3.56. The molecule has 21 heavy (non-hydrogen) atoms. The molecule has 1 heterocycles. The lowest BCUT2D eigenvalue weighted by Crippen LogP contribution is -2.26. The maximum absolute atomic E-state index is 12.4. The van der Waals surface area contributed by atoms with Crippen LogP contribution >= 0.6 is 0 Å². The van der Waals surface area contributed by atoms with Crippen LogP contribution in [0.5, 0.6) is 5.75 Å². The average Bonchev–Trinajstić information content (AvgIpc) is 2.98. The Morgan fingerprint density at radius 2 is 1.95 bits per heavy atom. The lowest BCUT2D eigenvalue weighted by Gasteiger charge is -2.16. The maximum atomic E-state index is 12.4. The third-order valence-corrected chi connectivity index (χ3v) is 4.69. The highest BCUT2D eigenvalue weighted by Gasteiger charge is 2.21. The van der Waals surface area contributed by atoms with Gasteiger partial charge in [0, 0.05) is 13.6 Å². The molecule has 0 bridgehead atoms. The molecule has 2 rings (SSSR count). The van der Waals surface area contributed by atoms with Gasteiger partial charge in [-0.15, -0.1) is 0 Å². The molecule has 114 valence electrons. The van der Waals surface area contributed by atoms with E-state index in [0.29, 0.717) is 24.7 Å². The van der Waals surface area contributed by atoms with Gasteiger partial charge >= 0.3 is 0 Å². The quantitative estimate of drug-likeness (QED) is 0.836. The molecule has 0 aliphatic carbocycles. The summed E-state index contributed by atoms with van der Waals surface area (Å²) in [5, 5.41) is 0. The molecular weight excluding hydrogens is 292 g/mol. The Bertz CT molecular complexity index is 651. The molecular formula is C14H18N2O4S. The highest BCUT2D eigenvalue weighted by Crippen LogP contribution is 2.20. The monoisotopic (exact) mass is 310 g/mol.